The molecule has 3 nitrogen and oxygen atoms in total. The zero-order chi connectivity index (χ0) is 13.7. The van der Waals surface area contributed by atoms with E-state index in [0.29, 0.717) is 17.5 Å². The summed E-state index contributed by atoms with van der Waals surface area (Å²) >= 11 is 11.9. The Labute approximate surface area is 122 Å². The summed E-state index contributed by atoms with van der Waals surface area (Å²) in [5, 5.41) is 0.587. The normalized spacial score (nSPS) is 10.3. The molecule has 0 spiro atoms. The summed E-state index contributed by atoms with van der Waals surface area (Å²) < 4.78 is 10.9. The lowest BCUT2D eigenvalue weighted by Gasteiger charge is -2.12. The van der Waals surface area contributed by atoms with E-state index in [-0.39, 0.29) is 0 Å². The highest BCUT2D eigenvalue weighted by molar-refractivity contribution is 6.31. The molecule has 0 aliphatic heterocycles. The number of alkyl halides is 1. The predicted octanol–water partition coefficient (Wildman–Crippen LogP) is 4.06. The Morgan fingerprint density at radius 1 is 1.21 bits per heavy atom. The Balaban J connectivity index is 2.13. The van der Waals surface area contributed by atoms with Crippen molar-refractivity contribution in [1.29, 1.82) is 0 Å². The van der Waals surface area contributed by atoms with Crippen molar-refractivity contribution in [3.05, 3.63) is 52.8 Å². The van der Waals surface area contributed by atoms with Crippen LogP contribution in [0.3, 0.4) is 0 Å². The maximum Gasteiger partial charge on any atom is 0.124 e. The molecule has 0 amide bonds. The largest absolute Gasteiger partial charge is 0.497 e. The Morgan fingerprint density at radius 3 is 2.74 bits per heavy atom. The fraction of sp³-hybridized carbons (Fsp3) is 0.214. The van der Waals surface area contributed by atoms with Crippen LogP contribution >= 0.6 is 23.2 Å². The number of benzene rings is 1. The van der Waals surface area contributed by atoms with Crippen LogP contribution in [-0.2, 0) is 12.5 Å². The standard InChI is InChI=1S/C14H13Cl2NO2/c1-18-12-2-3-14(11(6-12)7-15)19-9-10-4-5-17-8-13(10)16/h2-6,8H,7,9H2,1H3. The lowest BCUT2D eigenvalue weighted by Crippen LogP contribution is -1.99. The number of hydrogen-bond donors (Lipinski definition) is 0. The van der Waals surface area contributed by atoms with Crippen LogP contribution in [0, 0.1) is 0 Å². The van der Waals surface area contributed by atoms with Gasteiger partial charge in [-0.2, -0.15) is 0 Å². The number of ether oxygens (including phenoxy) is 2. The molecule has 0 unspecified atom stereocenters. The first kappa shape index (κ1) is 14.0. The second-order valence-electron chi connectivity index (χ2n) is 3.86. The summed E-state index contributed by atoms with van der Waals surface area (Å²) in [6, 6.07) is 7.36. The van der Waals surface area contributed by atoms with Gasteiger partial charge in [0.05, 0.1) is 18.0 Å². The molecule has 0 atom stereocenters. The van der Waals surface area contributed by atoms with Crippen molar-refractivity contribution in [3.8, 4) is 11.5 Å². The van der Waals surface area contributed by atoms with E-state index in [1.807, 2.05) is 24.3 Å². The van der Waals surface area contributed by atoms with E-state index in [0.717, 1.165) is 22.6 Å². The van der Waals surface area contributed by atoms with Crippen LogP contribution in [0.4, 0.5) is 0 Å². The number of nitrogens with zero attached hydrogens (tertiary/aromatic N) is 1. The van der Waals surface area contributed by atoms with Gasteiger partial charge in [0, 0.05) is 23.5 Å². The highest BCUT2D eigenvalue weighted by Gasteiger charge is 2.06. The van der Waals surface area contributed by atoms with Crippen molar-refractivity contribution in [3.63, 3.8) is 0 Å². The summed E-state index contributed by atoms with van der Waals surface area (Å²) in [6.45, 7) is 0.373. The van der Waals surface area contributed by atoms with Crippen LogP contribution in [0.5, 0.6) is 11.5 Å². The van der Waals surface area contributed by atoms with E-state index in [1.54, 1.807) is 19.5 Å². The van der Waals surface area contributed by atoms with Gasteiger partial charge in [0.25, 0.3) is 0 Å². The predicted molar refractivity (Wildman–Crippen MR) is 76.1 cm³/mol. The first-order chi connectivity index (χ1) is 9.24. The van der Waals surface area contributed by atoms with Gasteiger partial charge in [0.2, 0.25) is 0 Å². The Morgan fingerprint density at radius 2 is 2.05 bits per heavy atom. The van der Waals surface area contributed by atoms with Gasteiger partial charge in [0.1, 0.15) is 18.1 Å². The number of aromatic nitrogens is 1. The summed E-state index contributed by atoms with van der Waals surface area (Å²) in [4.78, 5) is 3.93. The van der Waals surface area contributed by atoms with Crippen molar-refractivity contribution < 1.29 is 9.47 Å². The molecule has 0 fully saturated rings. The average Bonchev–Trinajstić information content (AvgIpc) is 2.46. The minimum atomic E-state index is 0.358. The second kappa shape index (κ2) is 6.64. The number of hydrogen-bond acceptors (Lipinski definition) is 3. The maximum atomic E-state index is 6.02. The first-order valence-corrected chi connectivity index (χ1v) is 6.60. The lowest BCUT2D eigenvalue weighted by atomic mass is 10.2. The molecule has 19 heavy (non-hydrogen) atoms. The minimum absolute atomic E-state index is 0.358. The van der Waals surface area contributed by atoms with Gasteiger partial charge in [-0.3, -0.25) is 4.98 Å². The molecular weight excluding hydrogens is 285 g/mol. The zero-order valence-electron chi connectivity index (χ0n) is 10.4. The Kier molecular flexibility index (Phi) is 4.88. The van der Waals surface area contributed by atoms with Gasteiger partial charge in [-0.05, 0) is 24.3 Å². The molecule has 2 aromatic rings. The minimum Gasteiger partial charge on any atom is -0.497 e. The van der Waals surface area contributed by atoms with Crippen molar-refractivity contribution in [2.45, 2.75) is 12.5 Å². The van der Waals surface area contributed by atoms with Crippen LogP contribution in [0.1, 0.15) is 11.1 Å². The number of pyridine rings is 1. The molecule has 0 aliphatic rings. The van der Waals surface area contributed by atoms with Gasteiger partial charge in [0.15, 0.2) is 0 Å². The van der Waals surface area contributed by atoms with Gasteiger partial charge in [-0.15, -0.1) is 11.6 Å². The van der Waals surface area contributed by atoms with Crippen molar-refractivity contribution >= 4 is 23.2 Å². The van der Waals surface area contributed by atoms with E-state index in [1.165, 1.54) is 0 Å². The van der Waals surface area contributed by atoms with Crippen LogP contribution in [-0.4, -0.2) is 12.1 Å². The smallest absolute Gasteiger partial charge is 0.124 e. The van der Waals surface area contributed by atoms with E-state index in [9.17, 15) is 0 Å². The summed E-state index contributed by atoms with van der Waals surface area (Å²) in [6.07, 6.45) is 3.28. The van der Waals surface area contributed by atoms with Crippen LogP contribution < -0.4 is 9.47 Å². The first-order valence-electron chi connectivity index (χ1n) is 5.68. The van der Waals surface area contributed by atoms with Crippen molar-refractivity contribution in [2.75, 3.05) is 7.11 Å². The molecule has 0 aliphatic carbocycles. The Hall–Kier alpha value is -1.45. The summed E-state index contributed by atoms with van der Waals surface area (Å²) in [5.74, 6) is 1.84. The van der Waals surface area contributed by atoms with Crippen LogP contribution in [0.2, 0.25) is 5.02 Å². The summed E-state index contributed by atoms with van der Waals surface area (Å²) in [7, 11) is 1.62. The molecule has 0 saturated heterocycles. The molecule has 0 bridgehead atoms. The third kappa shape index (κ3) is 3.52. The lowest BCUT2D eigenvalue weighted by molar-refractivity contribution is 0.303. The molecule has 5 heteroatoms. The molecule has 2 rings (SSSR count). The fourth-order valence-corrected chi connectivity index (χ4v) is 1.99. The SMILES string of the molecule is COc1ccc(OCc2ccncc2Cl)c(CCl)c1. The monoisotopic (exact) mass is 297 g/mol. The van der Waals surface area contributed by atoms with E-state index < -0.39 is 0 Å². The van der Waals surface area contributed by atoms with E-state index in [4.69, 9.17) is 32.7 Å². The van der Waals surface area contributed by atoms with Crippen LogP contribution in [0.15, 0.2) is 36.7 Å². The van der Waals surface area contributed by atoms with Crippen LogP contribution in [0.25, 0.3) is 0 Å². The van der Waals surface area contributed by atoms with Gasteiger partial charge in [-0.25, -0.2) is 0 Å². The highest BCUT2D eigenvalue weighted by atomic mass is 35.5. The third-order valence-electron chi connectivity index (χ3n) is 2.65. The van der Waals surface area contributed by atoms with E-state index in [2.05, 4.69) is 4.98 Å². The molecule has 0 radical (unpaired) electrons. The molecule has 0 saturated carbocycles. The topological polar surface area (TPSA) is 31.4 Å². The fourth-order valence-electron chi connectivity index (χ4n) is 1.60. The molecule has 1 aromatic carbocycles. The number of methoxy groups -OCH3 is 1. The molecule has 100 valence electrons. The Bertz CT molecular complexity index is 561. The summed E-state index contributed by atoms with van der Waals surface area (Å²) in [5.41, 5.74) is 1.76. The van der Waals surface area contributed by atoms with Crippen molar-refractivity contribution in [1.82, 2.24) is 4.98 Å². The van der Waals surface area contributed by atoms with Crippen molar-refractivity contribution in [2.24, 2.45) is 0 Å². The molecule has 1 heterocycles. The maximum absolute atomic E-state index is 6.02. The van der Waals surface area contributed by atoms with Gasteiger partial charge < -0.3 is 9.47 Å². The van der Waals surface area contributed by atoms with E-state index >= 15 is 0 Å². The second-order valence-corrected chi connectivity index (χ2v) is 4.54. The quantitative estimate of drug-likeness (QED) is 0.780. The molecular formula is C14H13Cl2NO2. The third-order valence-corrected chi connectivity index (χ3v) is 3.28. The molecule has 0 N–H and O–H groups in total. The molecule has 1 aromatic heterocycles. The van der Waals surface area contributed by atoms with Gasteiger partial charge in [-0.1, -0.05) is 11.6 Å². The van der Waals surface area contributed by atoms with Gasteiger partial charge >= 0.3 is 0 Å². The number of halogens is 2. The number of rotatable bonds is 5. The average molecular weight is 298 g/mol. The highest BCUT2D eigenvalue weighted by Crippen LogP contribution is 2.27. The zero-order valence-corrected chi connectivity index (χ0v) is 11.9.